The van der Waals surface area contributed by atoms with Crippen LogP contribution in [0.4, 0.5) is 5.69 Å². The van der Waals surface area contributed by atoms with Gasteiger partial charge in [-0.25, -0.2) is 4.79 Å². The first-order valence-electron chi connectivity index (χ1n) is 9.00. The molecule has 2 aromatic carbocycles. The van der Waals surface area contributed by atoms with Gasteiger partial charge in [0.1, 0.15) is 0 Å². The zero-order chi connectivity index (χ0) is 19.4. The zero-order valence-corrected chi connectivity index (χ0v) is 15.6. The molecule has 0 spiro atoms. The average Bonchev–Trinajstić information content (AvgIpc) is 2.65. The predicted octanol–water partition coefficient (Wildman–Crippen LogP) is 4.67. The van der Waals surface area contributed by atoms with Crippen LogP contribution in [-0.4, -0.2) is 31.0 Å². The van der Waals surface area contributed by atoms with Crippen LogP contribution in [0.5, 0.6) is 0 Å². The normalized spacial score (nSPS) is 17.3. The van der Waals surface area contributed by atoms with Crippen molar-refractivity contribution in [1.82, 2.24) is 0 Å². The van der Waals surface area contributed by atoms with E-state index in [1.165, 1.54) is 0 Å². The molecule has 3 rings (SSSR count). The molecule has 0 heterocycles. The second-order valence-electron chi connectivity index (χ2n) is 6.94. The number of ketones is 1. The number of Topliss-reactive ketones (excluding diaryl/α,β-unsaturated/α-hetero) is 1. The number of allylic oxidation sites excluding steroid dienone is 2. The van der Waals surface area contributed by atoms with Gasteiger partial charge in [0.25, 0.3) is 0 Å². The smallest absolute Gasteiger partial charge is 0.335 e. The number of benzene rings is 2. The molecule has 0 atom stereocenters. The molecule has 1 aliphatic rings. The van der Waals surface area contributed by atoms with Gasteiger partial charge in [-0.1, -0.05) is 24.3 Å². The third kappa shape index (κ3) is 4.53. The number of carboxylic acid groups (broad SMARTS) is 1. The summed E-state index contributed by atoms with van der Waals surface area (Å²) in [5, 5.41) is 9.13. The summed E-state index contributed by atoms with van der Waals surface area (Å²) >= 11 is 0. The van der Waals surface area contributed by atoms with Crippen LogP contribution in [-0.2, 0) is 4.79 Å². The lowest BCUT2D eigenvalue weighted by Crippen LogP contribution is -2.12. The van der Waals surface area contributed by atoms with Crippen LogP contribution in [0.3, 0.4) is 0 Å². The quantitative estimate of drug-likeness (QED) is 0.804. The molecule has 0 aromatic heterocycles. The van der Waals surface area contributed by atoms with Gasteiger partial charge in [0.05, 0.1) is 5.56 Å². The van der Waals surface area contributed by atoms with E-state index in [-0.39, 0.29) is 11.3 Å². The lowest BCUT2D eigenvalue weighted by atomic mass is 9.86. The number of hydrogen-bond donors (Lipinski definition) is 1. The van der Waals surface area contributed by atoms with E-state index in [0.717, 1.165) is 40.8 Å². The molecule has 1 N–H and O–H groups in total. The van der Waals surface area contributed by atoms with Crippen LogP contribution >= 0.6 is 0 Å². The number of carboxylic acids is 1. The molecule has 0 unspecified atom stereocenters. The molecule has 1 fully saturated rings. The average molecular weight is 361 g/mol. The Labute approximate surface area is 159 Å². The Hall–Kier alpha value is -3.14. The predicted molar refractivity (Wildman–Crippen MR) is 109 cm³/mol. The summed E-state index contributed by atoms with van der Waals surface area (Å²) in [6.45, 7) is 0. The second-order valence-corrected chi connectivity index (χ2v) is 6.94. The Bertz CT molecular complexity index is 921. The molecule has 4 heteroatoms. The minimum atomic E-state index is -0.966. The molecule has 27 heavy (non-hydrogen) atoms. The van der Waals surface area contributed by atoms with Gasteiger partial charge in [0.15, 0.2) is 5.78 Å². The van der Waals surface area contributed by atoms with E-state index in [0.29, 0.717) is 6.42 Å². The van der Waals surface area contributed by atoms with E-state index in [1.54, 1.807) is 18.2 Å². The van der Waals surface area contributed by atoms with Crippen molar-refractivity contribution in [3.63, 3.8) is 0 Å². The van der Waals surface area contributed by atoms with Crippen LogP contribution in [0.25, 0.3) is 12.2 Å². The number of aromatic carboxylic acids is 1. The highest BCUT2D eigenvalue weighted by molar-refractivity contribution is 6.14. The van der Waals surface area contributed by atoms with Gasteiger partial charge >= 0.3 is 5.97 Å². The monoisotopic (exact) mass is 361 g/mol. The molecule has 138 valence electrons. The van der Waals surface area contributed by atoms with Crippen molar-refractivity contribution in [3.8, 4) is 0 Å². The van der Waals surface area contributed by atoms with Gasteiger partial charge < -0.3 is 10.0 Å². The molecule has 0 saturated heterocycles. The summed E-state index contributed by atoms with van der Waals surface area (Å²) in [6, 6.07) is 14.8. The highest BCUT2D eigenvalue weighted by Crippen LogP contribution is 2.28. The number of hydrogen-bond acceptors (Lipinski definition) is 3. The molecular weight excluding hydrogens is 338 g/mol. The van der Waals surface area contributed by atoms with Gasteiger partial charge in [0.2, 0.25) is 0 Å². The molecule has 1 saturated carbocycles. The minimum Gasteiger partial charge on any atom is -0.478 e. The van der Waals surface area contributed by atoms with Gasteiger partial charge in [0, 0.05) is 30.9 Å². The second kappa shape index (κ2) is 8.04. The first kappa shape index (κ1) is 18.6. The van der Waals surface area contributed by atoms with E-state index in [2.05, 4.69) is 0 Å². The molecule has 0 bridgehead atoms. The Morgan fingerprint density at radius 1 is 0.963 bits per heavy atom. The standard InChI is InChI=1S/C23H23NO3/c1-24(2)21-11-9-16(10-12-21)13-18-6-4-7-19(22(18)25)14-17-5-3-8-20(15-17)23(26)27/h3,5,8-15H,4,6-7H2,1-2H3,(H,26,27). The number of rotatable bonds is 4. The molecule has 2 aromatic rings. The van der Waals surface area contributed by atoms with Crippen LogP contribution in [0.15, 0.2) is 59.7 Å². The van der Waals surface area contributed by atoms with Crippen LogP contribution in [0.1, 0.15) is 40.7 Å². The Kier molecular flexibility index (Phi) is 5.55. The van der Waals surface area contributed by atoms with E-state index in [1.807, 2.05) is 61.5 Å². The Morgan fingerprint density at radius 2 is 1.59 bits per heavy atom. The van der Waals surface area contributed by atoms with Gasteiger partial charge in [-0.2, -0.15) is 0 Å². The van der Waals surface area contributed by atoms with Crippen LogP contribution in [0.2, 0.25) is 0 Å². The highest BCUT2D eigenvalue weighted by Gasteiger charge is 2.20. The lowest BCUT2D eigenvalue weighted by Gasteiger charge is -2.17. The van der Waals surface area contributed by atoms with Gasteiger partial charge in [-0.05, 0) is 66.8 Å². The summed E-state index contributed by atoms with van der Waals surface area (Å²) < 4.78 is 0. The maximum Gasteiger partial charge on any atom is 0.335 e. The first-order chi connectivity index (χ1) is 12.9. The van der Waals surface area contributed by atoms with E-state index in [9.17, 15) is 9.59 Å². The third-order valence-corrected chi connectivity index (χ3v) is 4.70. The number of anilines is 1. The summed E-state index contributed by atoms with van der Waals surface area (Å²) in [5.41, 5.74) is 4.64. The van der Waals surface area contributed by atoms with Crippen molar-refractivity contribution in [2.24, 2.45) is 0 Å². The maximum absolute atomic E-state index is 12.9. The zero-order valence-electron chi connectivity index (χ0n) is 15.6. The van der Waals surface area contributed by atoms with Crippen molar-refractivity contribution in [2.75, 3.05) is 19.0 Å². The SMILES string of the molecule is CN(C)c1ccc(C=C2CCCC(=Cc3cccc(C(=O)O)c3)C2=O)cc1. The highest BCUT2D eigenvalue weighted by atomic mass is 16.4. The van der Waals surface area contributed by atoms with E-state index in [4.69, 9.17) is 5.11 Å². The summed E-state index contributed by atoms with van der Waals surface area (Å²) in [6.07, 6.45) is 6.17. The minimum absolute atomic E-state index is 0.0543. The number of carbonyl (C=O) groups excluding carboxylic acids is 1. The summed E-state index contributed by atoms with van der Waals surface area (Å²) in [7, 11) is 3.99. The Morgan fingerprint density at radius 3 is 2.19 bits per heavy atom. The first-order valence-corrected chi connectivity index (χ1v) is 9.00. The number of carbonyl (C=O) groups is 2. The molecule has 0 aliphatic heterocycles. The van der Waals surface area contributed by atoms with E-state index >= 15 is 0 Å². The van der Waals surface area contributed by atoms with Crippen molar-refractivity contribution < 1.29 is 14.7 Å². The largest absolute Gasteiger partial charge is 0.478 e. The maximum atomic E-state index is 12.9. The number of nitrogens with zero attached hydrogens (tertiary/aromatic N) is 1. The lowest BCUT2D eigenvalue weighted by molar-refractivity contribution is -0.112. The van der Waals surface area contributed by atoms with Gasteiger partial charge in [-0.15, -0.1) is 0 Å². The molecular formula is C23H23NO3. The summed E-state index contributed by atoms with van der Waals surface area (Å²) in [5.74, 6) is -0.911. The van der Waals surface area contributed by atoms with Crippen molar-refractivity contribution in [2.45, 2.75) is 19.3 Å². The van der Waals surface area contributed by atoms with Crippen LogP contribution < -0.4 is 4.90 Å². The van der Waals surface area contributed by atoms with Crippen molar-refractivity contribution in [1.29, 1.82) is 0 Å². The van der Waals surface area contributed by atoms with Crippen molar-refractivity contribution >= 4 is 29.6 Å². The molecule has 4 nitrogen and oxygen atoms in total. The Balaban J connectivity index is 1.85. The fraction of sp³-hybridized carbons (Fsp3) is 0.217. The van der Waals surface area contributed by atoms with Crippen molar-refractivity contribution in [3.05, 3.63) is 76.4 Å². The fourth-order valence-corrected chi connectivity index (χ4v) is 3.21. The summed E-state index contributed by atoms with van der Waals surface area (Å²) in [4.78, 5) is 26.0. The van der Waals surface area contributed by atoms with Crippen LogP contribution in [0, 0.1) is 0 Å². The topological polar surface area (TPSA) is 57.6 Å². The van der Waals surface area contributed by atoms with Gasteiger partial charge in [-0.3, -0.25) is 4.79 Å². The molecule has 0 amide bonds. The third-order valence-electron chi connectivity index (χ3n) is 4.70. The fourth-order valence-electron chi connectivity index (χ4n) is 3.21. The molecule has 0 radical (unpaired) electrons. The van der Waals surface area contributed by atoms with E-state index < -0.39 is 5.97 Å². The molecule has 1 aliphatic carbocycles.